The highest BCUT2D eigenvalue weighted by atomic mass is 32.2. The SMILES string of the molecule is CSC1=NC2=NC3=C(CCC3NCCc3c[nH]c4ccccc34)CN2N1. The van der Waals surface area contributed by atoms with E-state index in [2.05, 4.69) is 56.2 Å². The highest BCUT2D eigenvalue weighted by Crippen LogP contribution is 2.32. The zero-order valence-corrected chi connectivity index (χ0v) is 15.6. The molecule has 7 heteroatoms. The fourth-order valence-electron chi connectivity index (χ4n) is 3.99. The lowest BCUT2D eigenvalue weighted by molar-refractivity contribution is 0.410. The molecule has 0 spiro atoms. The molecule has 2 aromatic rings. The predicted molar refractivity (Wildman–Crippen MR) is 108 cm³/mol. The van der Waals surface area contributed by atoms with Gasteiger partial charge in [0.1, 0.15) is 0 Å². The first-order chi connectivity index (χ1) is 12.8. The van der Waals surface area contributed by atoms with E-state index in [1.807, 2.05) is 6.26 Å². The van der Waals surface area contributed by atoms with Crippen molar-refractivity contribution in [2.24, 2.45) is 9.98 Å². The van der Waals surface area contributed by atoms with E-state index in [9.17, 15) is 0 Å². The molecule has 2 aliphatic heterocycles. The summed E-state index contributed by atoms with van der Waals surface area (Å²) in [7, 11) is 0. The topological polar surface area (TPSA) is 67.8 Å². The van der Waals surface area contributed by atoms with Crippen molar-refractivity contribution in [1.29, 1.82) is 0 Å². The van der Waals surface area contributed by atoms with Crippen LogP contribution in [-0.4, -0.2) is 46.5 Å². The molecule has 0 amide bonds. The van der Waals surface area contributed by atoms with Crippen LogP contribution in [0.25, 0.3) is 10.9 Å². The van der Waals surface area contributed by atoms with Crippen LogP contribution in [0.15, 0.2) is 51.7 Å². The van der Waals surface area contributed by atoms with Crippen LogP contribution in [0.3, 0.4) is 0 Å². The van der Waals surface area contributed by atoms with Gasteiger partial charge in [-0.2, -0.15) is 4.99 Å². The average molecular weight is 366 g/mol. The van der Waals surface area contributed by atoms with Crippen LogP contribution >= 0.6 is 11.8 Å². The lowest BCUT2D eigenvalue weighted by atomic mass is 10.1. The van der Waals surface area contributed by atoms with Gasteiger partial charge in [0.15, 0.2) is 5.17 Å². The molecule has 1 aromatic carbocycles. The van der Waals surface area contributed by atoms with Crippen LogP contribution in [0, 0.1) is 0 Å². The Labute approximate surface area is 156 Å². The van der Waals surface area contributed by atoms with Crippen LogP contribution in [0.2, 0.25) is 0 Å². The standard InChI is InChI=1S/C19H22N6S/c1-26-19-23-18-22-17-13(11-25(18)24-19)6-7-16(17)20-9-8-12-10-21-15-5-3-2-4-14(12)15/h2-5,10,16,20-21H,6-9,11H2,1H3,(H,22,23,24). The molecule has 3 heterocycles. The summed E-state index contributed by atoms with van der Waals surface area (Å²) in [4.78, 5) is 12.8. The average Bonchev–Trinajstić information content (AvgIpc) is 3.37. The molecule has 26 heavy (non-hydrogen) atoms. The first kappa shape index (κ1) is 16.0. The third-order valence-electron chi connectivity index (χ3n) is 5.32. The fraction of sp³-hybridized carbons (Fsp3) is 0.368. The number of thioether (sulfide) groups is 1. The molecule has 1 atom stereocenters. The molecule has 5 rings (SSSR count). The summed E-state index contributed by atoms with van der Waals surface area (Å²) >= 11 is 1.62. The largest absolute Gasteiger partial charge is 0.361 e. The van der Waals surface area contributed by atoms with Crippen LogP contribution < -0.4 is 10.7 Å². The Bertz CT molecular complexity index is 940. The van der Waals surface area contributed by atoms with Gasteiger partial charge in [-0.1, -0.05) is 30.0 Å². The van der Waals surface area contributed by atoms with Crippen molar-refractivity contribution in [2.45, 2.75) is 25.3 Å². The number of fused-ring (bicyclic) bond motifs is 2. The molecule has 0 radical (unpaired) electrons. The van der Waals surface area contributed by atoms with Crippen molar-refractivity contribution in [2.75, 3.05) is 19.3 Å². The normalized spacial score (nSPS) is 21.6. The van der Waals surface area contributed by atoms with Gasteiger partial charge in [-0.05, 0) is 49.3 Å². The number of aromatic nitrogens is 1. The number of nitrogens with zero attached hydrogens (tertiary/aromatic N) is 3. The number of nitrogens with one attached hydrogen (secondary N) is 3. The van der Waals surface area contributed by atoms with Gasteiger partial charge in [-0.25, -0.2) is 10.0 Å². The number of aromatic amines is 1. The summed E-state index contributed by atoms with van der Waals surface area (Å²) < 4.78 is 0. The Kier molecular flexibility index (Phi) is 3.98. The van der Waals surface area contributed by atoms with Gasteiger partial charge < -0.3 is 10.3 Å². The van der Waals surface area contributed by atoms with Gasteiger partial charge in [0.05, 0.1) is 12.2 Å². The number of aliphatic imine (C=N–C) groups is 2. The number of amidine groups is 1. The van der Waals surface area contributed by atoms with E-state index in [1.165, 1.54) is 27.7 Å². The maximum absolute atomic E-state index is 4.84. The third-order valence-corrected chi connectivity index (χ3v) is 5.89. The van der Waals surface area contributed by atoms with Crippen LogP contribution in [-0.2, 0) is 6.42 Å². The number of hydrogen-bond donors (Lipinski definition) is 3. The van der Waals surface area contributed by atoms with E-state index in [-0.39, 0.29) is 0 Å². The second kappa shape index (κ2) is 6.48. The zero-order valence-electron chi connectivity index (χ0n) is 14.7. The number of hydrogen-bond acceptors (Lipinski definition) is 6. The third kappa shape index (κ3) is 2.71. The Morgan fingerprint density at radius 1 is 1.31 bits per heavy atom. The molecule has 0 saturated carbocycles. The monoisotopic (exact) mass is 366 g/mol. The van der Waals surface area contributed by atoms with Crippen molar-refractivity contribution >= 4 is 33.8 Å². The molecular formula is C19H22N6S. The van der Waals surface area contributed by atoms with Gasteiger partial charge in [-0.3, -0.25) is 5.43 Å². The van der Waals surface area contributed by atoms with E-state index >= 15 is 0 Å². The van der Waals surface area contributed by atoms with Gasteiger partial charge >= 0.3 is 0 Å². The number of para-hydroxylation sites is 1. The molecule has 3 aliphatic rings. The number of hydrazine groups is 1. The van der Waals surface area contributed by atoms with E-state index in [4.69, 9.17) is 4.99 Å². The molecule has 0 fully saturated rings. The first-order valence-electron chi connectivity index (χ1n) is 9.07. The lowest BCUT2D eigenvalue weighted by Gasteiger charge is -2.24. The van der Waals surface area contributed by atoms with Gasteiger partial charge in [0.25, 0.3) is 0 Å². The van der Waals surface area contributed by atoms with E-state index in [0.29, 0.717) is 6.04 Å². The fourth-order valence-corrected chi connectivity index (χ4v) is 4.37. The molecule has 1 aromatic heterocycles. The Balaban J connectivity index is 1.26. The molecule has 6 nitrogen and oxygen atoms in total. The van der Waals surface area contributed by atoms with Crippen LogP contribution in [0.4, 0.5) is 0 Å². The number of guanidine groups is 1. The lowest BCUT2D eigenvalue weighted by Crippen LogP contribution is -2.41. The first-order valence-corrected chi connectivity index (χ1v) is 10.3. The molecule has 134 valence electrons. The molecule has 3 N–H and O–H groups in total. The van der Waals surface area contributed by atoms with Gasteiger partial charge in [0.2, 0.25) is 5.96 Å². The zero-order chi connectivity index (χ0) is 17.5. The molecule has 0 bridgehead atoms. The molecule has 0 saturated heterocycles. The van der Waals surface area contributed by atoms with Gasteiger partial charge in [-0.15, -0.1) is 0 Å². The smallest absolute Gasteiger partial charge is 0.247 e. The quantitative estimate of drug-likeness (QED) is 0.778. The predicted octanol–water partition coefficient (Wildman–Crippen LogP) is 2.63. The Hall–Kier alpha value is -2.25. The summed E-state index contributed by atoms with van der Waals surface area (Å²) in [6.07, 6.45) is 7.42. The summed E-state index contributed by atoms with van der Waals surface area (Å²) in [6, 6.07) is 8.83. The molecular weight excluding hydrogens is 344 g/mol. The highest BCUT2D eigenvalue weighted by molar-refractivity contribution is 8.13. The van der Waals surface area contributed by atoms with Crippen molar-refractivity contribution < 1.29 is 0 Å². The number of benzene rings is 1. The minimum absolute atomic E-state index is 0.346. The summed E-state index contributed by atoms with van der Waals surface area (Å²) in [5, 5.41) is 8.02. The molecule has 1 unspecified atom stereocenters. The van der Waals surface area contributed by atoms with E-state index in [0.717, 1.165) is 43.5 Å². The maximum Gasteiger partial charge on any atom is 0.247 e. The van der Waals surface area contributed by atoms with Crippen LogP contribution in [0.1, 0.15) is 18.4 Å². The summed E-state index contributed by atoms with van der Waals surface area (Å²) in [5.41, 5.74) is 8.53. The van der Waals surface area contributed by atoms with E-state index < -0.39 is 0 Å². The highest BCUT2D eigenvalue weighted by Gasteiger charge is 2.33. The Morgan fingerprint density at radius 3 is 3.15 bits per heavy atom. The Morgan fingerprint density at radius 2 is 2.23 bits per heavy atom. The minimum atomic E-state index is 0.346. The second-order valence-corrected chi connectivity index (χ2v) is 7.67. The maximum atomic E-state index is 4.84. The molecule has 1 aliphatic carbocycles. The summed E-state index contributed by atoms with van der Waals surface area (Å²) in [5.74, 6) is 0.804. The van der Waals surface area contributed by atoms with Crippen molar-refractivity contribution in [3.63, 3.8) is 0 Å². The van der Waals surface area contributed by atoms with E-state index in [1.54, 1.807) is 11.8 Å². The van der Waals surface area contributed by atoms with Crippen molar-refractivity contribution in [3.8, 4) is 0 Å². The number of H-pyrrole nitrogens is 1. The summed E-state index contributed by atoms with van der Waals surface area (Å²) in [6.45, 7) is 1.85. The van der Waals surface area contributed by atoms with Gasteiger partial charge in [0, 0.05) is 23.1 Å². The van der Waals surface area contributed by atoms with Crippen LogP contribution in [0.5, 0.6) is 0 Å². The minimum Gasteiger partial charge on any atom is -0.361 e. The van der Waals surface area contributed by atoms with Crippen molar-refractivity contribution in [3.05, 3.63) is 47.3 Å². The second-order valence-electron chi connectivity index (χ2n) is 6.87. The van der Waals surface area contributed by atoms with Crippen molar-refractivity contribution in [1.82, 2.24) is 20.7 Å². The number of rotatable bonds is 4.